The zero-order valence-electron chi connectivity index (χ0n) is 10.8. The quantitative estimate of drug-likeness (QED) is 0.908. The highest BCUT2D eigenvalue weighted by molar-refractivity contribution is 6.31. The van der Waals surface area contributed by atoms with Crippen molar-refractivity contribution in [2.24, 2.45) is 0 Å². The number of nitrogens with one attached hydrogen (secondary N) is 1. The van der Waals surface area contributed by atoms with Gasteiger partial charge in [-0.1, -0.05) is 17.7 Å². The van der Waals surface area contributed by atoms with Crippen molar-refractivity contribution in [1.29, 1.82) is 0 Å². The second kappa shape index (κ2) is 6.50. The highest BCUT2D eigenvalue weighted by Gasteiger charge is 2.18. The van der Waals surface area contributed by atoms with Gasteiger partial charge in [-0.05, 0) is 51.5 Å². The lowest BCUT2D eigenvalue weighted by Gasteiger charge is -2.27. The van der Waals surface area contributed by atoms with E-state index < -0.39 is 0 Å². The lowest BCUT2D eigenvalue weighted by atomic mass is 10.1. The highest BCUT2D eigenvalue weighted by Crippen LogP contribution is 2.22. The second-order valence-corrected chi connectivity index (χ2v) is 5.36. The predicted octanol–water partition coefficient (Wildman–Crippen LogP) is 3.05. The zero-order valence-corrected chi connectivity index (χ0v) is 11.5. The molecule has 1 aliphatic rings. The Morgan fingerprint density at radius 3 is 3.00 bits per heavy atom. The molecule has 1 unspecified atom stereocenters. The summed E-state index contributed by atoms with van der Waals surface area (Å²) in [5.74, 6) is -0.207. The maximum atomic E-state index is 13.7. The Balaban J connectivity index is 2.03. The third-order valence-corrected chi connectivity index (χ3v) is 3.99. The fourth-order valence-electron chi connectivity index (χ4n) is 2.50. The minimum atomic E-state index is -0.207. The van der Waals surface area contributed by atoms with Gasteiger partial charge in [0.25, 0.3) is 0 Å². The molecule has 2 nitrogen and oxygen atoms in total. The minimum absolute atomic E-state index is 0.207. The average molecular weight is 271 g/mol. The maximum Gasteiger partial charge on any atom is 0.129 e. The van der Waals surface area contributed by atoms with Crippen LogP contribution in [0, 0.1) is 5.82 Å². The van der Waals surface area contributed by atoms with E-state index in [2.05, 4.69) is 17.3 Å². The summed E-state index contributed by atoms with van der Waals surface area (Å²) in [6.45, 7) is 2.71. The van der Waals surface area contributed by atoms with Gasteiger partial charge in [0.2, 0.25) is 0 Å². The fourth-order valence-corrected chi connectivity index (χ4v) is 2.73. The van der Waals surface area contributed by atoms with Crippen LogP contribution in [0.25, 0.3) is 0 Å². The molecule has 0 radical (unpaired) electrons. The summed E-state index contributed by atoms with van der Waals surface area (Å²) >= 11 is 6.07. The number of hydrogen-bond acceptors (Lipinski definition) is 2. The molecule has 18 heavy (non-hydrogen) atoms. The summed E-state index contributed by atoms with van der Waals surface area (Å²) in [5, 5.41) is 3.91. The lowest BCUT2D eigenvalue weighted by Crippen LogP contribution is -2.32. The molecule has 0 bridgehead atoms. The van der Waals surface area contributed by atoms with E-state index in [9.17, 15) is 4.39 Å². The zero-order chi connectivity index (χ0) is 13.0. The van der Waals surface area contributed by atoms with Crippen LogP contribution in [0.5, 0.6) is 0 Å². The van der Waals surface area contributed by atoms with Gasteiger partial charge in [0.05, 0.1) is 0 Å². The van der Waals surface area contributed by atoms with Gasteiger partial charge >= 0.3 is 0 Å². The molecular formula is C14H20ClFN2. The number of hydrogen-bond donors (Lipinski definition) is 1. The van der Waals surface area contributed by atoms with Crippen LogP contribution < -0.4 is 5.32 Å². The first-order chi connectivity index (χ1) is 8.68. The maximum absolute atomic E-state index is 13.7. The van der Waals surface area contributed by atoms with Gasteiger partial charge in [0.15, 0.2) is 0 Å². The number of benzene rings is 1. The largest absolute Gasteiger partial charge is 0.317 e. The standard InChI is InChI=1S/C14H20ClFN2/c1-18(11-4-3-8-17-9-7-11)10-12-13(15)5-2-6-14(12)16/h2,5-6,11,17H,3-4,7-10H2,1H3. The molecule has 1 atom stereocenters. The molecule has 0 saturated carbocycles. The molecule has 1 aromatic carbocycles. The van der Waals surface area contributed by atoms with Gasteiger partial charge in [-0.3, -0.25) is 4.90 Å². The van der Waals surface area contributed by atoms with Gasteiger partial charge in [-0.2, -0.15) is 0 Å². The van der Waals surface area contributed by atoms with E-state index in [4.69, 9.17) is 11.6 Å². The summed E-state index contributed by atoms with van der Waals surface area (Å²) in [6, 6.07) is 5.39. The van der Waals surface area contributed by atoms with Crippen molar-refractivity contribution < 1.29 is 4.39 Å². The number of nitrogens with zero attached hydrogens (tertiary/aromatic N) is 1. The molecule has 1 saturated heterocycles. The SMILES string of the molecule is CN(Cc1c(F)cccc1Cl)C1CCCNCC1. The van der Waals surface area contributed by atoms with Crippen LogP contribution in [0.15, 0.2) is 18.2 Å². The molecule has 4 heteroatoms. The summed E-state index contributed by atoms with van der Waals surface area (Å²) in [5.41, 5.74) is 0.610. The van der Waals surface area contributed by atoms with Crippen molar-refractivity contribution in [2.75, 3.05) is 20.1 Å². The smallest absolute Gasteiger partial charge is 0.129 e. The van der Waals surface area contributed by atoms with Crippen LogP contribution in [-0.2, 0) is 6.54 Å². The Morgan fingerprint density at radius 1 is 1.39 bits per heavy atom. The molecule has 0 aromatic heterocycles. The van der Waals surface area contributed by atoms with Gasteiger partial charge in [0, 0.05) is 23.2 Å². The van der Waals surface area contributed by atoms with Crippen molar-refractivity contribution in [3.63, 3.8) is 0 Å². The molecular weight excluding hydrogens is 251 g/mol. The Kier molecular flexibility index (Phi) is 4.98. The summed E-state index contributed by atoms with van der Waals surface area (Å²) in [6.07, 6.45) is 3.46. The molecule has 1 fully saturated rings. The van der Waals surface area contributed by atoms with Crippen LogP contribution in [0.1, 0.15) is 24.8 Å². The highest BCUT2D eigenvalue weighted by atomic mass is 35.5. The van der Waals surface area contributed by atoms with Crippen molar-refractivity contribution >= 4 is 11.6 Å². The van der Waals surface area contributed by atoms with Crippen LogP contribution in [0.4, 0.5) is 4.39 Å². The first kappa shape index (κ1) is 13.8. The Bertz CT molecular complexity index is 369. The van der Waals surface area contributed by atoms with Crippen LogP contribution in [-0.4, -0.2) is 31.1 Å². The molecule has 1 N–H and O–H groups in total. The Labute approximate surface area is 113 Å². The lowest BCUT2D eigenvalue weighted by molar-refractivity contribution is 0.214. The van der Waals surface area contributed by atoms with Crippen molar-refractivity contribution in [2.45, 2.75) is 31.8 Å². The van der Waals surface area contributed by atoms with E-state index in [0.29, 0.717) is 23.2 Å². The Morgan fingerprint density at radius 2 is 2.22 bits per heavy atom. The molecule has 0 aliphatic carbocycles. The molecule has 1 heterocycles. The van der Waals surface area contributed by atoms with Crippen LogP contribution >= 0.6 is 11.6 Å². The fraction of sp³-hybridized carbons (Fsp3) is 0.571. The van der Waals surface area contributed by atoms with E-state index in [1.807, 2.05) is 0 Å². The number of halogens is 2. The molecule has 1 aromatic rings. The van der Waals surface area contributed by atoms with Gasteiger partial charge in [-0.25, -0.2) is 4.39 Å². The van der Waals surface area contributed by atoms with E-state index in [0.717, 1.165) is 25.9 Å². The molecule has 0 spiro atoms. The molecule has 0 amide bonds. The van der Waals surface area contributed by atoms with E-state index in [1.165, 1.54) is 12.5 Å². The van der Waals surface area contributed by atoms with Gasteiger partial charge in [0.1, 0.15) is 5.82 Å². The van der Waals surface area contributed by atoms with Gasteiger partial charge < -0.3 is 5.32 Å². The molecule has 1 aliphatic heterocycles. The second-order valence-electron chi connectivity index (χ2n) is 4.95. The number of rotatable bonds is 3. The third kappa shape index (κ3) is 3.44. The Hall–Kier alpha value is -0.640. The normalized spacial score (nSPS) is 21.0. The van der Waals surface area contributed by atoms with E-state index in [-0.39, 0.29) is 5.82 Å². The molecule has 100 valence electrons. The topological polar surface area (TPSA) is 15.3 Å². The summed E-state index contributed by atoms with van der Waals surface area (Å²) in [4.78, 5) is 2.22. The third-order valence-electron chi connectivity index (χ3n) is 3.64. The summed E-state index contributed by atoms with van der Waals surface area (Å²) < 4.78 is 13.7. The van der Waals surface area contributed by atoms with E-state index in [1.54, 1.807) is 12.1 Å². The average Bonchev–Trinajstić information content (AvgIpc) is 2.62. The van der Waals surface area contributed by atoms with E-state index >= 15 is 0 Å². The van der Waals surface area contributed by atoms with Crippen molar-refractivity contribution in [3.05, 3.63) is 34.6 Å². The minimum Gasteiger partial charge on any atom is -0.317 e. The van der Waals surface area contributed by atoms with Crippen LogP contribution in [0.2, 0.25) is 5.02 Å². The molecule has 2 rings (SSSR count). The van der Waals surface area contributed by atoms with Crippen molar-refractivity contribution in [1.82, 2.24) is 10.2 Å². The monoisotopic (exact) mass is 270 g/mol. The van der Waals surface area contributed by atoms with Gasteiger partial charge in [-0.15, -0.1) is 0 Å². The van der Waals surface area contributed by atoms with Crippen molar-refractivity contribution in [3.8, 4) is 0 Å². The predicted molar refractivity (Wildman–Crippen MR) is 73.4 cm³/mol. The first-order valence-electron chi connectivity index (χ1n) is 6.52. The summed E-state index contributed by atoms with van der Waals surface area (Å²) in [7, 11) is 2.05. The van der Waals surface area contributed by atoms with Crippen LogP contribution in [0.3, 0.4) is 0 Å². The first-order valence-corrected chi connectivity index (χ1v) is 6.90.